The Morgan fingerprint density at radius 1 is 1.17 bits per heavy atom. The molecule has 11 heteroatoms. The van der Waals surface area contributed by atoms with E-state index in [0.29, 0.717) is 44.1 Å². The molecule has 3 heterocycles. The predicted octanol–water partition coefficient (Wildman–Crippen LogP) is 1.25. The minimum Gasteiger partial charge on any atom is -0.468 e. The summed E-state index contributed by atoms with van der Waals surface area (Å²) >= 11 is 0. The van der Waals surface area contributed by atoms with E-state index in [4.69, 9.17) is 16.2 Å². The predicted molar refractivity (Wildman–Crippen MR) is 131 cm³/mol. The number of esters is 1. The zero-order chi connectivity index (χ0) is 24.8. The van der Waals surface area contributed by atoms with E-state index in [9.17, 15) is 9.59 Å². The minimum absolute atomic E-state index is 0.0103. The first-order valence-electron chi connectivity index (χ1n) is 11.1. The van der Waals surface area contributed by atoms with Crippen LogP contribution >= 0.6 is 0 Å². The molecule has 2 aromatic heterocycles. The summed E-state index contributed by atoms with van der Waals surface area (Å²) in [5.74, 6) is -0.941. The lowest BCUT2D eigenvalue weighted by Crippen LogP contribution is -2.36. The fraction of sp³-hybridized carbons (Fsp3) is 0.292. The van der Waals surface area contributed by atoms with Crippen LogP contribution < -0.4 is 21.7 Å². The Balaban J connectivity index is 1.52. The molecular weight excluding hydrogens is 450 g/mol. The maximum Gasteiger partial charge on any atom is 0.322 e. The van der Waals surface area contributed by atoms with Crippen LogP contribution in [-0.2, 0) is 20.7 Å². The van der Waals surface area contributed by atoms with Gasteiger partial charge in [0.15, 0.2) is 11.5 Å². The molecule has 0 saturated carbocycles. The van der Waals surface area contributed by atoms with Gasteiger partial charge in [0.2, 0.25) is 0 Å². The van der Waals surface area contributed by atoms with E-state index in [0.717, 1.165) is 16.8 Å². The summed E-state index contributed by atoms with van der Waals surface area (Å²) in [4.78, 5) is 39.5. The summed E-state index contributed by atoms with van der Waals surface area (Å²) in [7, 11) is 1.30. The van der Waals surface area contributed by atoms with Crippen molar-refractivity contribution < 1.29 is 19.1 Å². The number of anilines is 3. The number of amides is 1. The topological polar surface area (TPSA) is 159 Å². The number of carbonyl (C=O) groups excluding carboxylic acids is 2. The van der Waals surface area contributed by atoms with Crippen molar-refractivity contribution >= 4 is 29.1 Å². The van der Waals surface area contributed by atoms with E-state index < -0.39 is 17.9 Å². The molecule has 0 bridgehead atoms. The van der Waals surface area contributed by atoms with Gasteiger partial charge in [-0.15, -0.1) is 0 Å². The normalized spacial score (nSPS) is 14.3. The van der Waals surface area contributed by atoms with E-state index in [2.05, 4.69) is 29.9 Å². The van der Waals surface area contributed by atoms with Crippen LogP contribution in [0.3, 0.4) is 0 Å². The largest absolute Gasteiger partial charge is 0.468 e. The second-order valence-corrected chi connectivity index (χ2v) is 7.97. The number of carbonyl (C=O) groups is 2. The fourth-order valence-corrected chi connectivity index (χ4v) is 3.75. The number of pyridine rings is 1. The summed E-state index contributed by atoms with van der Waals surface area (Å²) in [5, 5.41) is 2.87. The van der Waals surface area contributed by atoms with E-state index in [-0.39, 0.29) is 11.5 Å². The van der Waals surface area contributed by atoms with Crippen molar-refractivity contribution in [3.63, 3.8) is 0 Å². The van der Waals surface area contributed by atoms with Gasteiger partial charge < -0.3 is 31.2 Å². The molecule has 1 aromatic carbocycles. The fourth-order valence-electron chi connectivity index (χ4n) is 3.75. The van der Waals surface area contributed by atoms with Crippen molar-refractivity contribution in [2.24, 2.45) is 5.73 Å². The smallest absolute Gasteiger partial charge is 0.322 e. The molecule has 1 saturated heterocycles. The standard InChI is InChI=1S/C24H27N7O4/c1-34-24(33)17(25)12-15-2-4-16(5-3-15)18-14-28-22(26)21(29-18)23(32)30-19-13-27-7-6-20(19)31-8-10-35-11-9-31/h2-7,13-14,17H,8-12,25H2,1H3,(H2,26,28)(H,30,32)/t17-/m0/s1. The summed E-state index contributed by atoms with van der Waals surface area (Å²) in [5.41, 5.74) is 15.3. The number of morpholine rings is 1. The number of aromatic nitrogens is 3. The van der Waals surface area contributed by atoms with Gasteiger partial charge in [0.05, 0.1) is 49.8 Å². The zero-order valence-corrected chi connectivity index (χ0v) is 19.3. The van der Waals surface area contributed by atoms with E-state index in [1.165, 1.54) is 13.3 Å². The maximum atomic E-state index is 13.1. The Bertz CT molecular complexity index is 1200. The Morgan fingerprint density at radius 3 is 2.63 bits per heavy atom. The van der Waals surface area contributed by atoms with Crippen molar-refractivity contribution in [2.45, 2.75) is 12.5 Å². The minimum atomic E-state index is -0.743. The van der Waals surface area contributed by atoms with Gasteiger partial charge in [-0.2, -0.15) is 0 Å². The molecule has 5 N–H and O–H groups in total. The molecule has 1 atom stereocenters. The zero-order valence-electron chi connectivity index (χ0n) is 19.3. The average molecular weight is 478 g/mol. The Kier molecular flexibility index (Phi) is 7.48. The summed E-state index contributed by atoms with van der Waals surface area (Å²) in [6.45, 7) is 2.66. The second kappa shape index (κ2) is 10.9. The van der Waals surface area contributed by atoms with Crippen LogP contribution in [0.5, 0.6) is 0 Å². The van der Waals surface area contributed by atoms with Gasteiger partial charge >= 0.3 is 5.97 Å². The Hall–Kier alpha value is -4.09. The van der Waals surface area contributed by atoms with Gasteiger partial charge in [0, 0.05) is 24.8 Å². The molecule has 1 amide bonds. The number of hydrogen-bond acceptors (Lipinski definition) is 10. The molecule has 1 fully saturated rings. The maximum absolute atomic E-state index is 13.1. The lowest BCUT2D eigenvalue weighted by Gasteiger charge is -2.30. The van der Waals surface area contributed by atoms with Gasteiger partial charge in [-0.1, -0.05) is 24.3 Å². The number of rotatable bonds is 7. The highest BCUT2D eigenvalue weighted by atomic mass is 16.5. The molecule has 0 aliphatic carbocycles. The van der Waals surface area contributed by atoms with Crippen LogP contribution in [0, 0.1) is 0 Å². The molecule has 4 rings (SSSR count). The molecule has 11 nitrogen and oxygen atoms in total. The monoisotopic (exact) mass is 477 g/mol. The van der Waals surface area contributed by atoms with Gasteiger partial charge in [0.25, 0.3) is 5.91 Å². The highest BCUT2D eigenvalue weighted by molar-refractivity contribution is 6.07. The van der Waals surface area contributed by atoms with Crippen molar-refractivity contribution in [3.8, 4) is 11.3 Å². The van der Waals surface area contributed by atoms with Crippen LogP contribution in [0.4, 0.5) is 17.2 Å². The molecular formula is C24H27N7O4. The average Bonchev–Trinajstić information content (AvgIpc) is 2.89. The van der Waals surface area contributed by atoms with E-state index >= 15 is 0 Å². The highest BCUT2D eigenvalue weighted by Gasteiger charge is 2.20. The molecule has 0 spiro atoms. The lowest BCUT2D eigenvalue weighted by molar-refractivity contribution is -0.142. The number of methoxy groups -OCH3 is 1. The molecule has 0 radical (unpaired) electrons. The number of nitrogen functional groups attached to an aromatic ring is 1. The first kappa shape index (κ1) is 24.0. The number of nitrogens with one attached hydrogen (secondary N) is 1. The van der Waals surface area contributed by atoms with Gasteiger partial charge in [-0.05, 0) is 18.1 Å². The lowest BCUT2D eigenvalue weighted by atomic mass is 10.0. The van der Waals surface area contributed by atoms with Crippen molar-refractivity contribution in [1.29, 1.82) is 0 Å². The van der Waals surface area contributed by atoms with Crippen molar-refractivity contribution in [3.05, 3.63) is 60.2 Å². The summed E-state index contributed by atoms with van der Waals surface area (Å²) in [6, 6.07) is 8.41. The molecule has 1 aliphatic rings. The number of hydrogen-bond donors (Lipinski definition) is 3. The van der Waals surface area contributed by atoms with Crippen LogP contribution in [0.1, 0.15) is 16.1 Å². The molecule has 0 unspecified atom stereocenters. The second-order valence-electron chi connectivity index (χ2n) is 7.97. The Morgan fingerprint density at radius 2 is 1.91 bits per heavy atom. The third-order valence-electron chi connectivity index (χ3n) is 5.62. The molecule has 1 aliphatic heterocycles. The summed E-state index contributed by atoms with van der Waals surface area (Å²) < 4.78 is 10.1. The van der Waals surface area contributed by atoms with Gasteiger partial charge in [-0.3, -0.25) is 14.6 Å². The van der Waals surface area contributed by atoms with Gasteiger partial charge in [0.1, 0.15) is 6.04 Å². The molecule has 182 valence electrons. The van der Waals surface area contributed by atoms with Crippen LogP contribution in [0.15, 0.2) is 48.9 Å². The van der Waals surface area contributed by atoms with Crippen molar-refractivity contribution in [2.75, 3.05) is 49.4 Å². The number of nitrogens with two attached hydrogens (primary N) is 2. The van der Waals surface area contributed by atoms with Gasteiger partial charge in [-0.25, -0.2) is 9.97 Å². The van der Waals surface area contributed by atoms with Crippen molar-refractivity contribution in [1.82, 2.24) is 15.0 Å². The number of benzene rings is 1. The molecule has 3 aromatic rings. The third-order valence-corrected chi connectivity index (χ3v) is 5.62. The number of nitrogens with zero attached hydrogens (tertiary/aromatic N) is 4. The SMILES string of the molecule is COC(=O)[C@@H](N)Cc1ccc(-c2cnc(N)c(C(=O)Nc3cnccc3N3CCOCC3)n2)cc1. The summed E-state index contributed by atoms with van der Waals surface area (Å²) in [6.07, 6.45) is 5.11. The highest BCUT2D eigenvalue weighted by Crippen LogP contribution is 2.27. The third kappa shape index (κ3) is 5.70. The van der Waals surface area contributed by atoms with Crippen LogP contribution in [-0.4, -0.2) is 66.3 Å². The first-order valence-corrected chi connectivity index (χ1v) is 11.1. The van der Waals surface area contributed by atoms with Crippen LogP contribution in [0.25, 0.3) is 11.3 Å². The van der Waals surface area contributed by atoms with E-state index in [1.807, 2.05) is 30.3 Å². The number of ether oxygens (including phenoxy) is 2. The quantitative estimate of drug-likeness (QED) is 0.423. The van der Waals surface area contributed by atoms with Crippen LogP contribution in [0.2, 0.25) is 0 Å². The van der Waals surface area contributed by atoms with E-state index in [1.54, 1.807) is 12.4 Å². The molecule has 35 heavy (non-hydrogen) atoms. The Labute approximate surface area is 202 Å². The first-order chi connectivity index (χ1) is 17.0.